The maximum Gasteiger partial charge on any atom is 0.164 e. The van der Waals surface area contributed by atoms with Gasteiger partial charge in [-0.1, -0.05) is 152 Å². The highest BCUT2D eigenvalue weighted by atomic mass is 16.3. The molecule has 248 valence electrons. The Morgan fingerprint density at radius 3 is 1.60 bits per heavy atom. The summed E-state index contributed by atoms with van der Waals surface area (Å²) >= 11 is 0. The lowest BCUT2D eigenvalue weighted by atomic mass is 9.93. The molecule has 0 saturated heterocycles. The summed E-state index contributed by atoms with van der Waals surface area (Å²) < 4.78 is 6.34. The van der Waals surface area contributed by atoms with Crippen LogP contribution in [0, 0.1) is 0 Å². The molecule has 53 heavy (non-hydrogen) atoms. The molecule has 3 aromatic heterocycles. The van der Waals surface area contributed by atoms with Gasteiger partial charge in [-0.25, -0.2) is 24.9 Å². The van der Waals surface area contributed by atoms with E-state index < -0.39 is 0 Å². The number of hydrogen-bond donors (Lipinski definition) is 0. The number of rotatable bonds is 6. The van der Waals surface area contributed by atoms with E-state index in [2.05, 4.69) is 48.5 Å². The van der Waals surface area contributed by atoms with Gasteiger partial charge in [0.05, 0.1) is 11.2 Å². The molecule has 0 atom stereocenters. The third kappa shape index (κ3) is 5.50. The molecule has 0 aliphatic heterocycles. The second-order valence-electron chi connectivity index (χ2n) is 12.9. The van der Waals surface area contributed by atoms with Gasteiger partial charge < -0.3 is 4.42 Å². The van der Waals surface area contributed by atoms with Crippen LogP contribution in [0.5, 0.6) is 0 Å². The van der Waals surface area contributed by atoms with Crippen molar-refractivity contribution in [2.75, 3.05) is 0 Å². The Bertz CT molecular complexity index is 2880. The van der Waals surface area contributed by atoms with Gasteiger partial charge in [0.25, 0.3) is 0 Å². The summed E-state index contributed by atoms with van der Waals surface area (Å²) in [6.45, 7) is 0. The Balaban J connectivity index is 1.26. The van der Waals surface area contributed by atoms with Crippen LogP contribution in [0.3, 0.4) is 0 Å². The molecule has 0 unspecified atom stereocenters. The highest BCUT2D eigenvalue weighted by molar-refractivity contribution is 6.13. The van der Waals surface area contributed by atoms with Gasteiger partial charge in [0.2, 0.25) is 0 Å². The monoisotopic (exact) mass is 679 g/mol. The second-order valence-corrected chi connectivity index (χ2v) is 12.9. The molecular weight excluding hydrogens is 651 g/mol. The zero-order valence-corrected chi connectivity index (χ0v) is 28.4. The molecule has 10 aromatic rings. The van der Waals surface area contributed by atoms with E-state index in [1.165, 1.54) is 0 Å². The summed E-state index contributed by atoms with van der Waals surface area (Å²) in [5.41, 5.74) is 9.88. The molecule has 0 spiro atoms. The zero-order valence-electron chi connectivity index (χ0n) is 28.4. The van der Waals surface area contributed by atoms with E-state index in [-0.39, 0.29) is 0 Å². The number of para-hydroxylation sites is 2. The van der Waals surface area contributed by atoms with Crippen LogP contribution >= 0.6 is 0 Å². The summed E-state index contributed by atoms with van der Waals surface area (Å²) in [7, 11) is 0. The Labute approximate surface area is 305 Å². The van der Waals surface area contributed by atoms with E-state index in [1.807, 2.05) is 127 Å². The fraction of sp³-hybridized carbons (Fsp3) is 0. The van der Waals surface area contributed by atoms with Crippen molar-refractivity contribution in [2.24, 2.45) is 0 Å². The first kappa shape index (κ1) is 30.5. The van der Waals surface area contributed by atoms with Crippen molar-refractivity contribution in [3.8, 4) is 67.9 Å². The lowest BCUT2D eigenvalue weighted by molar-refractivity contribution is 0.669. The smallest absolute Gasteiger partial charge is 0.164 e. The van der Waals surface area contributed by atoms with Crippen LogP contribution in [-0.4, -0.2) is 24.9 Å². The van der Waals surface area contributed by atoms with E-state index in [1.54, 1.807) is 0 Å². The zero-order chi connectivity index (χ0) is 35.1. The Kier molecular flexibility index (Phi) is 7.36. The molecule has 0 aliphatic rings. The van der Waals surface area contributed by atoms with E-state index in [4.69, 9.17) is 29.3 Å². The lowest BCUT2D eigenvalue weighted by Gasteiger charge is -2.15. The minimum atomic E-state index is 0.545. The van der Waals surface area contributed by atoms with E-state index in [9.17, 15) is 0 Å². The minimum absolute atomic E-state index is 0.545. The molecule has 0 aliphatic carbocycles. The molecule has 0 N–H and O–H groups in total. The predicted octanol–water partition coefficient (Wildman–Crippen LogP) is 11.7. The molecule has 0 bridgehead atoms. The number of hydrogen-bond acceptors (Lipinski definition) is 6. The average molecular weight is 680 g/mol. The molecule has 0 saturated carbocycles. The van der Waals surface area contributed by atoms with Crippen molar-refractivity contribution >= 4 is 32.8 Å². The van der Waals surface area contributed by atoms with Crippen LogP contribution in [-0.2, 0) is 0 Å². The van der Waals surface area contributed by atoms with Crippen LogP contribution in [0.2, 0.25) is 0 Å². The summed E-state index contributed by atoms with van der Waals surface area (Å²) in [4.78, 5) is 25.7. The van der Waals surface area contributed by atoms with Gasteiger partial charge in [0.15, 0.2) is 23.3 Å². The molecular formula is C47H29N5O. The van der Waals surface area contributed by atoms with Gasteiger partial charge in [-0.05, 0) is 35.4 Å². The summed E-state index contributed by atoms with van der Waals surface area (Å²) in [5, 5.41) is 3.07. The predicted molar refractivity (Wildman–Crippen MR) is 213 cm³/mol. The van der Waals surface area contributed by atoms with Gasteiger partial charge in [-0.3, -0.25) is 0 Å². The maximum absolute atomic E-state index is 6.34. The maximum atomic E-state index is 6.34. The SMILES string of the molecule is c1ccc(-c2nc(-c3ccccc3)nc(-c3cc(-c4nc(-c5ccccc5)c5ccccc5n4)ccc3-c3cccc4oc5ccccc5c34)n2)cc1. The highest BCUT2D eigenvalue weighted by Crippen LogP contribution is 2.42. The third-order valence-corrected chi connectivity index (χ3v) is 9.56. The number of fused-ring (bicyclic) bond motifs is 4. The van der Waals surface area contributed by atoms with Crippen LogP contribution in [0.25, 0.3) is 101 Å². The number of nitrogens with zero attached hydrogens (tertiary/aromatic N) is 5. The first-order chi connectivity index (χ1) is 26.3. The standard InChI is InChI=1S/C47H29N5O/c1-4-15-30(16-5-1)43-36-21-10-12-24-39(36)48-46(49-43)33-27-28-34(35-23-14-26-41-42(35)37-22-11-13-25-40(37)53-41)38(29-33)47-51-44(31-17-6-2-7-18-31)50-45(52-47)32-19-8-3-9-20-32/h1-29H. The quantitative estimate of drug-likeness (QED) is 0.174. The van der Waals surface area contributed by atoms with Gasteiger partial charge in [-0.15, -0.1) is 0 Å². The summed E-state index contributed by atoms with van der Waals surface area (Å²) in [6.07, 6.45) is 0. The number of aromatic nitrogens is 5. The summed E-state index contributed by atoms with van der Waals surface area (Å²) in [6, 6.07) is 59.2. The van der Waals surface area contributed by atoms with Gasteiger partial charge >= 0.3 is 0 Å². The van der Waals surface area contributed by atoms with Crippen molar-refractivity contribution in [1.29, 1.82) is 0 Å². The van der Waals surface area contributed by atoms with Crippen molar-refractivity contribution in [1.82, 2.24) is 24.9 Å². The van der Waals surface area contributed by atoms with Gasteiger partial charge in [0.1, 0.15) is 11.2 Å². The molecule has 6 heteroatoms. The fourth-order valence-electron chi connectivity index (χ4n) is 7.05. The Morgan fingerprint density at radius 2 is 0.887 bits per heavy atom. The first-order valence-corrected chi connectivity index (χ1v) is 17.5. The van der Waals surface area contributed by atoms with Gasteiger partial charge in [-0.2, -0.15) is 0 Å². The molecule has 7 aromatic carbocycles. The van der Waals surface area contributed by atoms with Crippen LogP contribution in [0.15, 0.2) is 180 Å². The number of furan rings is 1. The molecule has 10 rings (SSSR count). The lowest BCUT2D eigenvalue weighted by Crippen LogP contribution is -2.02. The number of benzene rings is 7. The molecule has 0 fully saturated rings. The van der Waals surface area contributed by atoms with E-state index in [0.29, 0.717) is 23.3 Å². The Hall–Kier alpha value is -7.31. The minimum Gasteiger partial charge on any atom is -0.456 e. The normalized spacial score (nSPS) is 11.4. The van der Waals surface area contributed by atoms with Crippen molar-refractivity contribution in [2.45, 2.75) is 0 Å². The molecule has 0 radical (unpaired) electrons. The average Bonchev–Trinajstić information content (AvgIpc) is 3.63. The fourth-order valence-corrected chi connectivity index (χ4v) is 7.05. The largest absolute Gasteiger partial charge is 0.456 e. The third-order valence-electron chi connectivity index (χ3n) is 9.56. The summed E-state index contributed by atoms with van der Waals surface area (Å²) in [5.74, 6) is 2.34. The molecule has 6 nitrogen and oxygen atoms in total. The van der Waals surface area contributed by atoms with Crippen molar-refractivity contribution in [3.63, 3.8) is 0 Å². The highest BCUT2D eigenvalue weighted by Gasteiger charge is 2.21. The van der Waals surface area contributed by atoms with Crippen molar-refractivity contribution < 1.29 is 4.42 Å². The Morgan fingerprint density at radius 1 is 0.321 bits per heavy atom. The van der Waals surface area contributed by atoms with Gasteiger partial charge in [0, 0.05) is 44.0 Å². The van der Waals surface area contributed by atoms with Crippen LogP contribution in [0.1, 0.15) is 0 Å². The molecule has 3 heterocycles. The van der Waals surface area contributed by atoms with Crippen molar-refractivity contribution in [3.05, 3.63) is 176 Å². The molecule has 0 amide bonds. The van der Waals surface area contributed by atoms with Crippen LogP contribution < -0.4 is 0 Å². The topological polar surface area (TPSA) is 77.6 Å². The van der Waals surface area contributed by atoms with E-state index in [0.717, 1.165) is 77.5 Å². The van der Waals surface area contributed by atoms with Crippen LogP contribution in [0.4, 0.5) is 0 Å². The first-order valence-electron chi connectivity index (χ1n) is 17.5. The van der Waals surface area contributed by atoms with E-state index >= 15 is 0 Å². The second kappa shape index (κ2) is 12.8.